The fraction of sp³-hybridized carbons (Fsp3) is 0.727. The van der Waals surface area contributed by atoms with Gasteiger partial charge in [-0.05, 0) is 34.6 Å². The van der Waals surface area contributed by atoms with E-state index in [2.05, 4.69) is 0 Å². The van der Waals surface area contributed by atoms with Gasteiger partial charge in [-0.15, -0.1) is 0 Å². The van der Waals surface area contributed by atoms with Crippen LogP contribution in [0.25, 0.3) is 0 Å². The number of amides is 1. The molecule has 0 aromatic heterocycles. The van der Waals surface area contributed by atoms with Crippen LogP contribution in [0.4, 0.5) is 4.79 Å². The van der Waals surface area contributed by atoms with Gasteiger partial charge in [-0.1, -0.05) is 12.1 Å². The van der Waals surface area contributed by atoms with Crippen molar-refractivity contribution in [3.8, 4) is 0 Å². The standard InChI is InChI=1S/C11H20BNO4/c1-8(15-9(13)14)6-7-12-16-10(2,3)11(4,5)17-12/h6-8H,1-5H3,(H2,13,14)/b7-6+. The molecule has 17 heavy (non-hydrogen) atoms. The van der Waals surface area contributed by atoms with Crippen LogP contribution in [0.2, 0.25) is 0 Å². The van der Waals surface area contributed by atoms with Crippen LogP contribution in [-0.2, 0) is 14.0 Å². The molecule has 96 valence electrons. The fourth-order valence-electron chi connectivity index (χ4n) is 1.44. The van der Waals surface area contributed by atoms with E-state index < -0.39 is 19.3 Å². The maximum Gasteiger partial charge on any atom is 0.486 e. The van der Waals surface area contributed by atoms with Crippen LogP contribution in [0.5, 0.6) is 0 Å². The van der Waals surface area contributed by atoms with E-state index in [0.29, 0.717) is 0 Å². The van der Waals surface area contributed by atoms with E-state index >= 15 is 0 Å². The summed E-state index contributed by atoms with van der Waals surface area (Å²) in [5.41, 5.74) is 4.18. The monoisotopic (exact) mass is 241 g/mol. The van der Waals surface area contributed by atoms with Crippen LogP contribution in [0.3, 0.4) is 0 Å². The Morgan fingerprint density at radius 2 is 1.76 bits per heavy atom. The van der Waals surface area contributed by atoms with Gasteiger partial charge in [0.15, 0.2) is 0 Å². The summed E-state index contributed by atoms with van der Waals surface area (Å²) in [4.78, 5) is 10.5. The summed E-state index contributed by atoms with van der Waals surface area (Å²) in [6.07, 6.45) is 0.495. The second-order valence-corrected chi connectivity index (χ2v) is 5.15. The zero-order valence-corrected chi connectivity index (χ0v) is 11.0. The van der Waals surface area contributed by atoms with Crippen molar-refractivity contribution in [3.63, 3.8) is 0 Å². The lowest BCUT2D eigenvalue weighted by molar-refractivity contribution is 0.00578. The van der Waals surface area contributed by atoms with Crippen molar-refractivity contribution in [1.82, 2.24) is 0 Å². The number of carbonyl (C=O) groups excluding carboxylic acids is 1. The molecular formula is C11H20BNO4. The van der Waals surface area contributed by atoms with Crippen LogP contribution < -0.4 is 5.73 Å². The number of rotatable bonds is 3. The highest BCUT2D eigenvalue weighted by Gasteiger charge is 2.50. The van der Waals surface area contributed by atoms with E-state index in [1.807, 2.05) is 27.7 Å². The van der Waals surface area contributed by atoms with Crippen molar-refractivity contribution >= 4 is 13.2 Å². The molecule has 0 aromatic carbocycles. The number of hydrogen-bond acceptors (Lipinski definition) is 4. The molecule has 5 nitrogen and oxygen atoms in total. The second-order valence-electron chi connectivity index (χ2n) is 5.15. The Morgan fingerprint density at radius 1 is 1.29 bits per heavy atom. The summed E-state index contributed by atoms with van der Waals surface area (Å²) in [6.45, 7) is 9.62. The molecule has 1 aliphatic heterocycles. The first-order valence-corrected chi connectivity index (χ1v) is 5.64. The lowest BCUT2D eigenvalue weighted by Gasteiger charge is -2.32. The normalized spacial score (nSPS) is 23.9. The third kappa shape index (κ3) is 3.47. The van der Waals surface area contributed by atoms with Crippen LogP contribution in [0.15, 0.2) is 12.1 Å². The van der Waals surface area contributed by atoms with Crippen LogP contribution in [0.1, 0.15) is 34.6 Å². The Labute approximate surface area is 102 Å². The van der Waals surface area contributed by atoms with Gasteiger partial charge in [0.25, 0.3) is 0 Å². The van der Waals surface area contributed by atoms with Crippen molar-refractivity contribution in [2.45, 2.75) is 51.9 Å². The minimum atomic E-state index is -0.795. The molecule has 2 N–H and O–H groups in total. The second kappa shape index (κ2) is 4.70. The molecule has 1 fully saturated rings. The Balaban J connectivity index is 2.56. The molecule has 6 heteroatoms. The van der Waals surface area contributed by atoms with Crippen molar-refractivity contribution in [3.05, 3.63) is 12.1 Å². The lowest BCUT2D eigenvalue weighted by Crippen LogP contribution is -2.41. The van der Waals surface area contributed by atoms with Crippen LogP contribution in [-0.4, -0.2) is 30.5 Å². The highest BCUT2D eigenvalue weighted by atomic mass is 16.7. The molecule has 1 amide bonds. The van der Waals surface area contributed by atoms with Crippen LogP contribution >= 0.6 is 0 Å². The van der Waals surface area contributed by atoms with Crippen molar-refractivity contribution in [2.75, 3.05) is 0 Å². The molecule has 1 rings (SSSR count). The summed E-state index contributed by atoms with van der Waals surface area (Å²) in [6, 6.07) is 0. The smallest absolute Gasteiger partial charge is 0.442 e. The van der Waals surface area contributed by atoms with Crippen LogP contribution in [0, 0.1) is 0 Å². The Morgan fingerprint density at radius 3 is 2.18 bits per heavy atom. The zero-order valence-electron chi connectivity index (χ0n) is 11.0. The Kier molecular flexibility index (Phi) is 3.89. The van der Waals surface area contributed by atoms with E-state index in [1.54, 1.807) is 19.0 Å². The fourth-order valence-corrected chi connectivity index (χ4v) is 1.44. The molecule has 1 saturated heterocycles. The van der Waals surface area contributed by atoms with Gasteiger partial charge < -0.3 is 19.8 Å². The first kappa shape index (κ1) is 14.1. The maximum atomic E-state index is 10.5. The molecule has 1 unspecified atom stereocenters. The van der Waals surface area contributed by atoms with E-state index in [1.165, 1.54) is 0 Å². The molecule has 0 bridgehead atoms. The van der Waals surface area contributed by atoms with Gasteiger partial charge in [-0.25, -0.2) is 4.79 Å². The summed E-state index contributed by atoms with van der Waals surface area (Å²) in [7, 11) is -0.432. The maximum absolute atomic E-state index is 10.5. The lowest BCUT2D eigenvalue weighted by atomic mass is 9.89. The number of ether oxygens (including phenoxy) is 1. The molecule has 0 aromatic rings. The SMILES string of the molecule is CC(/C=C/B1OC(C)(C)C(C)(C)O1)OC(N)=O. The van der Waals surface area contributed by atoms with E-state index in [4.69, 9.17) is 19.8 Å². The quantitative estimate of drug-likeness (QED) is 0.762. The van der Waals surface area contributed by atoms with Crippen molar-refractivity contribution < 1.29 is 18.8 Å². The Hall–Kier alpha value is -1.01. The van der Waals surface area contributed by atoms with Gasteiger partial charge in [-0.3, -0.25) is 0 Å². The first-order valence-electron chi connectivity index (χ1n) is 5.64. The molecule has 1 aliphatic rings. The van der Waals surface area contributed by atoms with Crippen molar-refractivity contribution in [1.29, 1.82) is 0 Å². The predicted octanol–water partition coefficient (Wildman–Crippen LogP) is 1.66. The van der Waals surface area contributed by atoms with Gasteiger partial charge in [0.2, 0.25) is 0 Å². The molecule has 0 spiro atoms. The van der Waals surface area contributed by atoms with E-state index in [9.17, 15) is 4.79 Å². The molecule has 0 aliphatic carbocycles. The summed E-state index contributed by atoms with van der Waals surface area (Å²) in [5, 5.41) is 0. The highest BCUT2D eigenvalue weighted by Crippen LogP contribution is 2.36. The van der Waals surface area contributed by atoms with Crippen molar-refractivity contribution in [2.24, 2.45) is 5.73 Å². The average Bonchev–Trinajstić information content (AvgIpc) is 2.31. The molecule has 1 heterocycles. The van der Waals surface area contributed by atoms with Gasteiger partial charge in [-0.2, -0.15) is 0 Å². The molecule has 0 radical (unpaired) electrons. The minimum Gasteiger partial charge on any atom is -0.442 e. The number of hydrogen-bond donors (Lipinski definition) is 1. The summed E-state index contributed by atoms with van der Waals surface area (Å²) in [5.74, 6) is 1.73. The number of nitrogens with two attached hydrogens (primary N) is 1. The summed E-state index contributed by atoms with van der Waals surface area (Å²) < 4.78 is 16.2. The van der Waals surface area contributed by atoms with Gasteiger partial charge in [0.1, 0.15) is 6.10 Å². The van der Waals surface area contributed by atoms with Gasteiger partial charge >= 0.3 is 13.2 Å². The van der Waals surface area contributed by atoms with Gasteiger partial charge in [0.05, 0.1) is 11.2 Å². The average molecular weight is 241 g/mol. The minimum absolute atomic E-state index is 0.365. The molecule has 0 saturated carbocycles. The largest absolute Gasteiger partial charge is 0.486 e. The van der Waals surface area contributed by atoms with E-state index in [0.717, 1.165) is 0 Å². The Bertz CT molecular complexity index is 311. The molecule has 1 atom stereocenters. The topological polar surface area (TPSA) is 70.8 Å². The summed E-state index contributed by atoms with van der Waals surface area (Å²) >= 11 is 0. The van der Waals surface area contributed by atoms with Gasteiger partial charge in [0, 0.05) is 0 Å². The first-order chi connectivity index (χ1) is 7.64. The number of primary amides is 1. The molecular weight excluding hydrogens is 221 g/mol. The third-order valence-electron chi connectivity index (χ3n) is 3.11. The third-order valence-corrected chi connectivity index (χ3v) is 3.11. The zero-order chi connectivity index (χ0) is 13.3. The van der Waals surface area contributed by atoms with E-state index in [-0.39, 0.29) is 11.2 Å². The highest BCUT2D eigenvalue weighted by molar-refractivity contribution is 6.51. The predicted molar refractivity (Wildman–Crippen MR) is 65.4 cm³/mol. The number of carbonyl (C=O) groups is 1.